The van der Waals surface area contributed by atoms with E-state index in [9.17, 15) is 14.0 Å². The molecule has 0 spiro atoms. The molecule has 1 aliphatic carbocycles. The molecule has 0 aromatic heterocycles. The smallest absolute Gasteiger partial charge is 0.307 e. The maximum atomic E-state index is 13.1. The minimum Gasteiger partial charge on any atom is -0.466 e. The lowest BCUT2D eigenvalue weighted by atomic mass is 9.86. The Kier molecular flexibility index (Phi) is 8.59. The van der Waals surface area contributed by atoms with E-state index in [1.54, 1.807) is 24.0 Å². The minimum atomic E-state index is -0.296. The van der Waals surface area contributed by atoms with Crippen molar-refractivity contribution < 1.29 is 18.7 Å². The molecule has 1 aliphatic rings. The summed E-state index contributed by atoms with van der Waals surface area (Å²) in [5.74, 6) is 0.113. The van der Waals surface area contributed by atoms with Crippen LogP contribution in [0.3, 0.4) is 0 Å². The molecule has 0 bridgehead atoms. The summed E-state index contributed by atoms with van der Waals surface area (Å²) in [6, 6.07) is 6.15. The third kappa shape index (κ3) is 7.14. The first kappa shape index (κ1) is 20.4. The Morgan fingerprint density at radius 2 is 1.81 bits per heavy atom. The van der Waals surface area contributed by atoms with Crippen LogP contribution in [0.15, 0.2) is 24.3 Å². The number of ether oxygens (including phenoxy) is 1. The second-order valence-corrected chi connectivity index (χ2v) is 7.04. The molecule has 1 aromatic rings. The molecule has 5 heteroatoms. The molecule has 0 radical (unpaired) electrons. The van der Waals surface area contributed by atoms with Crippen LogP contribution in [0.5, 0.6) is 0 Å². The molecule has 0 atom stereocenters. The highest BCUT2D eigenvalue weighted by Gasteiger charge is 2.19. The van der Waals surface area contributed by atoms with Gasteiger partial charge in [-0.3, -0.25) is 9.59 Å². The lowest BCUT2D eigenvalue weighted by molar-refractivity contribution is -0.144. The van der Waals surface area contributed by atoms with Crippen molar-refractivity contribution >= 4 is 11.9 Å². The van der Waals surface area contributed by atoms with E-state index in [4.69, 9.17) is 4.74 Å². The molecule has 0 saturated heterocycles. The number of rotatable bonds is 9. The predicted octanol–water partition coefficient (Wildman–Crippen LogP) is 4.47. The number of hydrogen-bond acceptors (Lipinski definition) is 3. The monoisotopic (exact) mass is 363 g/mol. The van der Waals surface area contributed by atoms with Crippen molar-refractivity contribution in [2.75, 3.05) is 13.2 Å². The van der Waals surface area contributed by atoms with Crippen molar-refractivity contribution in [3.05, 3.63) is 35.6 Å². The first-order valence-corrected chi connectivity index (χ1v) is 9.76. The van der Waals surface area contributed by atoms with Crippen LogP contribution in [-0.2, 0) is 20.9 Å². The second kappa shape index (κ2) is 10.9. The summed E-state index contributed by atoms with van der Waals surface area (Å²) >= 11 is 0. The van der Waals surface area contributed by atoms with Gasteiger partial charge in [-0.2, -0.15) is 0 Å². The lowest BCUT2D eigenvalue weighted by Crippen LogP contribution is -2.33. The van der Waals surface area contributed by atoms with Crippen molar-refractivity contribution in [3.63, 3.8) is 0 Å². The van der Waals surface area contributed by atoms with Gasteiger partial charge < -0.3 is 9.64 Å². The van der Waals surface area contributed by atoms with Gasteiger partial charge in [0.2, 0.25) is 5.91 Å². The minimum absolute atomic E-state index is 0.0594. The maximum absolute atomic E-state index is 13.1. The molecular weight excluding hydrogens is 333 g/mol. The topological polar surface area (TPSA) is 46.6 Å². The van der Waals surface area contributed by atoms with Crippen molar-refractivity contribution in [1.29, 1.82) is 0 Å². The highest BCUT2D eigenvalue weighted by Crippen LogP contribution is 2.27. The van der Waals surface area contributed by atoms with E-state index in [0.29, 0.717) is 32.0 Å². The van der Waals surface area contributed by atoms with Gasteiger partial charge >= 0.3 is 5.97 Å². The fourth-order valence-corrected chi connectivity index (χ4v) is 3.52. The number of nitrogens with zero attached hydrogens (tertiary/aromatic N) is 1. The number of carbonyl (C=O) groups is 2. The Labute approximate surface area is 155 Å². The van der Waals surface area contributed by atoms with Crippen molar-refractivity contribution in [2.45, 2.75) is 64.8 Å². The maximum Gasteiger partial charge on any atom is 0.307 e. The molecule has 1 aromatic carbocycles. The standard InChI is InChI=1S/C21H30FNO3/c1-2-26-21(25)14-15-23(16-18-8-11-19(22)12-9-18)20(24)13-10-17-6-4-3-5-7-17/h8-9,11-12,17H,2-7,10,13-16H2,1H3. The van der Waals surface area contributed by atoms with Gasteiger partial charge in [0.15, 0.2) is 0 Å². The molecule has 4 nitrogen and oxygen atoms in total. The summed E-state index contributed by atoms with van der Waals surface area (Å²) < 4.78 is 18.1. The number of amides is 1. The van der Waals surface area contributed by atoms with Crippen LogP contribution in [0.2, 0.25) is 0 Å². The van der Waals surface area contributed by atoms with Gasteiger partial charge in [-0.25, -0.2) is 4.39 Å². The molecule has 1 fully saturated rings. The Morgan fingerprint density at radius 3 is 2.46 bits per heavy atom. The number of esters is 1. The first-order valence-electron chi connectivity index (χ1n) is 9.76. The number of carbonyl (C=O) groups excluding carboxylic acids is 2. The average Bonchev–Trinajstić information content (AvgIpc) is 2.66. The van der Waals surface area contributed by atoms with Crippen LogP contribution in [-0.4, -0.2) is 29.9 Å². The van der Waals surface area contributed by atoms with Crippen LogP contribution in [0, 0.1) is 11.7 Å². The van der Waals surface area contributed by atoms with Crippen LogP contribution < -0.4 is 0 Å². The predicted molar refractivity (Wildman–Crippen MR) is 98.9 cm³/mol. The Bertz CT molecular complexity index is 567. The normalized spacial score (nSPS) is 14.8. The molecule has 1 amide bonds. The van der Waals surface area contributed by atoms with Gasteiger partial charge in [-0.1, -0.05) is 44.2 Å². The van der Waals surface area contributed by atoms with Crippen molar-refractivity contribution in [2.24, 2.45) is 5.92 Å². The van der Waals surface area contributed by atoms with Crippen LogP contribution in [0.4, 0.5) is 4.39 Å². The van der Waals surface area contributed by atoms with Gasteiger partial charge in [0.25, 0.3) is 0 Å². The summed E-state index contributed by atoms with van der Waals surface area (Å²) in [4.78, 5) is 26.1. The largest absolute Gasteiger partial charge is 0.466 e. The zero-order valence-electron chi connectivity index (χ0n) is 15.7. The lowest BCUT2D eigenvalue weighted by Gasteiger charge is -2.25. The summed E-state index contributed by atoms with van der Waals surface area (Å²) in [6.07, 6.45) is 7.88. The second-order valence-electron chi connectivity index (χ2n) is 7.04. The Balaban J connectivity index is 1.92. The number of benzene rings is 1. The Morgan fingerprint density at radius 1 is 1.12 bits per heavy atom. The van der Waals surface area contributed by atoms with Gasteiger partial charge in [-0.05, 0) is 37.0 Å². The summed E-state index contributed by atoms with van der Waals surface area (Å²) in [5.41, 5.74) is 0.862. The fourth-order valence-electron chi connectivity index (χ4n) is 3.52. The summed E-state index contributed by atoms with van der Waals surface area (Å²) in [6.45, 7) is 2.83. The molecule has 1 saturated carbocycles. The van der Waals surface area contributed by atoms with E-state index < -0.39 is 0 Å². The van der Waals surface area contributed by atoms with Gasteiger partial charge in [0.1, 0.15) is 5.82 Å². The van der Waals surface area contributed by atoms with E-state index in [2.05, 4.69) is 0 Å². The van der Waals surface area contributed by atoms with Crippen LogP contribution in [0.25, 0.3) is 0 Å². The average molecular weight is 363 g/mol. The van der Waals surface area contributed by atoms with E-state index >= 15 is 0 Å². The van der Waals surface area contributed by atoms with Crippen molar-refractivity contribution in [3.8, 4) is 0 Å². The first-order chi connectivity index (χ1) is 12.6. The van der Waals surface area contributed by atoms with Gasteiger partial charge in [0.05, 0.1) is 13.0 Å². The zero-order valence-corrected chi connectivity index (χ0v) is 15.7. The molecule has 0 N–H and O–H groups in total. The summed E-state index contributed by atoms with van der Waals surface area (Å²) in [7, 11) is 0. The quantitative estimate of drug-likeness (QED) is 0.608. The highest BCUT2D eigenvalue weighted by molar-refractivity contribution is 5.77. The van der Waals surface area contributed by atoms with E-state index in [0.717, 1.165) is 12.0 Å². The molecule has 0 heterocycles. The van der Waals surface area contributed by atoms with Crippen LogP contribution in [0.1, 0.15) is 63.9 Å². The SMILES string of the molecule is CCOC(=O)CCN(Cc1ccc(F)cc1)C(=O)CCC1CCCCC1. The third-order valence-corrected chi connectivity index (χ3v) is 5.02. The molecule has 0 aliphatic heterocycles. The highest BCUT2D eigenvalue weighted by atomic mass is 19.1. The van der Waals surface area contributed by atoms with Gasteiger partial charge in [0, 0.05) is 19.5 Å². The summed E-state index contributed by atoms with van der Waals surface area (Å²) in [5, 5.41) is 0. The molecule has 144 valence electrons. The molecule has 0 unspecified atom stereocenters. The zero-order chi connectivity index (χ0) is 18.8. The van der Waals surface area contributed by atoms with E-state index in [-0.39, 0.29) is 24.1 Å². The molecule has 26 heavy (non-hydrogen) atoms. The van der Waals surface area contributed by atoms with Crippen molar-refractivity contribution in [1.82, 2.24) is 4.90 Å². The fraction of sp³-hybridized carbons (Fsp3) is 0.619. The number of halogens is 1. The third-order valence-electron chi connectivity index (χ3n) is 5.02. The van der Waals surface area contributed by atoms with E-state index in [1.807, 2.05) is 0 Å². The number of hydrogen-bond donors (Lipinski definition) is 0. The van der Waals surface area contributed by atoms with E-state index in [1.165, 1.54) is 44.2 Å². The van der Waals surface area contributed by atoms with Crippen LogP contribution >= 0.6 is 0 Å². The molecule has 2 rings (SSSR count). The molecular formula is C21H30FNO3. The van der Waals surface area contributed by atoms with Gasteiger partial charge in [-0.15, -0.1) is 0 Å². The Hall–Kier alpha value is -1.91.